The molecule has 1 aliphatic rings. The van der Waals surface area contributed by atoms with Gasteiger partial charge in [0.15, 0.2) is 6.61 Å². The fourth-order valence-electron chi connectivity index (χ4n) is 1.94. The Bertz CT molecular complexity index is 516. The number of amides is 1. The van der Waals surface area contributed by atoms with Crippen molar-refractivity contribution in [2.24, 2.45) is 0 Å². The first kappa shape index (κ1) is 15.6. The summed E-state index contributed by atoms with van der Waals surface area (Å²) in [4.78, 5) is 25.3. The Kier molecular flexibility index (Phi) is 5.44. The lowest BCUT2D eigenvalue weighted by Crippen LogP contribution is -2.40. The topological polar surface area (TPSA) is 55.8 Å². The van der Waals surface area contributed by atoms with Crippen molar-refractivity contribution in [3.8, 4) is 5.75 Å². The van der Waals surface area contributed by atoms with Crippen molar-refractivity contribution in [3.63, 3.8) is 0 Å². The first-order chi connectivity index (χ1) is 10.1. The van der Waals surface area contributed by atoms with Crippen LogP contribution in [0.2, 0.25) is 5.02 Å². The Labute approximate surface area is 128 Å². The fraction of sp³-hybridized carbons (Fsp3) is 0.467. The summed E-state index contributed by atoms with van der Waals surface area (Å²) in [5.74, 6) is -0.166. The van der Waals surface area contributed by atoms with Gasteiger partial charge in [0.2, 0.25) is 0 Å². The number of esters is 1. The molecule has 0 heterocycles. The molecule has 1 aromatic carbocycles. The Morgan fingerprint density at radius 3 is 2.67 bits per heavy atom. The molecule has 21 heavy (non-hydrogen) atoms. The molecular formula is C15H18ClNO4. The van der Waals surface area contributed by atoms with Gasteiger partial charge in [-0.15, -0.1) is 0 Å². The number of carbonyl (C=O) groups excluding carboxylic acids is 2. The molecule has 1 aromatic rings. The van der Waals surface area contributed by atoms with Gasteiger partial charge in [-0.1, -0.05) is 23.7 Å². The lowest BCUT2D eigenvalue weighted by Gasteiger charge is -2.21. The molecule has 0 aliphatic heterocycles. The summed E-state index contributed by atoms with van der Waals surface area (Å²) in [5, 5.41) is 0.452. The van der Waals surface area contributed by atoms with E-state index < -0.39 is 5.97 Å². The minimum Gasteiger partial charge on any atom is -0.482 e. The standard InChI is InChI=1S/C15H18ClNO4/c1-2-20-15(19)9-17(11-7-8-11)14(18)10-21-13-6-4-3-5-12(13)16/h3-6,11H,2,7-10H2,1H3. The lowest BCUT2D eigenvalue weighted by atomic mass is 10.3. The van der Waals surface area contributed by atoms with E-state index in [4.69, 9.17) is 21.1 Å². The number of hydrogen-bond donors (Lipinski definition) is 0. The van der Waals surface area contributed by atoms with Gasteiger partial charge >= 0.3 is 5.97 Å². The van der Waals surface area contributed by atoms with E-state index in [2.05, 4.69) is 0 Å². The SMILES string of the molecule is CCOC(=O)CN(C(=O)COc1ccccc1Cl)C1CC1. The van der Waals surface area contributed by atoms with Crippen LogP contribution >= 0.6 is 11.6 Å². The minimum atomic E-state index is -0.393. The van der Waals surface area contributed by atoms with Gasteiger partial charge in [0.1, 0.15) is 12.3 Å². The smallest absolute Gasteiger partial charge is 0.325 e. The molecule has 6 heteroatoms. The van der Waals surface area contributed by atoms with Crippen molar-refractivity contribution >= 4 is 23.5 Å². The number of para-hydroxylation sites is 1. The predicted molar refractivity (Wildman–Crippen MR) is 78.3 cm³/mol. The Balaban J connectivity index is 1.90. The molecule has 0 aromatic heterocycles. The molecule has 114 valence electrons. The second-order valence-electron chi connectivity index (χ2n) is 4.78. The molecule has 1 saturated carbocycles. The van der Waals surface area contributed by atoms with Gasteiger partial charge in [-0.3, -0.25) is 9.59 Å². The maximum Gasteiger partial charge on any atom is 0.325 e. The number of halogens is 1. The zero-order valence-corrected chi connectivity index (χ0v) is 12.6. The van der Waals surface area contributed by atoms with Crippen LogP contribution in [0.3, 0.4) is 0 Å². The summed E-state index contributed by atoms with van der Waals surface area (Å²) in [6, 6.07) is 7.08. The molecule has 0 N–H and O–H groups in total. The highest BCUT2D eigenvalue weighted by Gasteiger charge is 2.34. The van der Waals surface area contributed by atoms with Gasteiger partial charge in [0.05, 0.1) is 11.6 Å². The van der Waals surface area contributed by atoms with Crippen LogP contribution in [-0.2, 0) is 14.3 Å². The molecular weight excluding hydrogens is 294 g/mol. The second-order valence-corrected chi connectivity index (χ2v) is 5.18. The van der Waals surface area contributed by atoms with Crippen LogP contribution in [0.4, 0.5) is 0 Å². The van der Waals surface area contributed by atoms with Crippen molar-refractivity contribution < 1.29 is 19.1 Å². The van der Waals surface area contributed by atoms with E-state index >= 15 is 0 Å². The van der Waals surface area contributed by atoms with Crippen molar-refractivity contribution in [1.29, 1.82) is 0 Å². The molecule has 1 aliphatic carbocycles. The first-order valence-electron chi connectivity index (χ1n) is 6.94. The van der Waals surface area contributed by atoms with Crippen molar-refractivity contribution in [2.75, 3.05) is 19.8 Å². The average Bonchev–Trinajstić information content (AvgIpc) is 3.28. The Morgan fingerprint density at radius 2 is 2.05 bits per heavy atom. The van der Waals surface area contributed by atoms with Crippen LogP contribution < -0.4 is 4.74 Å². The third kappa shape index (κ3) is 4.63. The van der Waals surface area contributed by atoms with Crippen molar-refractivity contribution in [3.05, 3.63) is 29.3 Å². The minimum absolute atomic E-state index is 0.0246. The molecule has 0 radical (unpaired) electrons. The second kappa shape index (κ2) is 7.31. The van der Waals surface area contributed by atoms with E-state index in [0.29, 0.717) is 17.4 Å². The van der Waals surface area contributed by atoms with E-state index in [0.717, 1.165) is 12.8 Å². The zero-order valence-electron chi connectivity index (χ0n) is 11.9. The molecule has 5 nitrogen and oxygen atoms in total. The normalized spacial score (nSPS) is 13.6. The molecule has 2 rings (SSSR count). The van der Waals surface area contributed by atoms with Crippen LogP contribution in [-0.4, -0.2) is 42.6 Å². The molecule has 0 bridgehead atoms. The number of ether oxygens (including phenoxy) is 2. The third-order valence-corrected chi connectivity index (χ3v) is 3.41. The van der Waals surface area contributed by atoms with Crippen LogP contribution in [0.15, 0.2) is 24.3 Å². The number of benzene rings is 1. The van der Waals surface area contributed by atoms with Crippen LogP contribution in [0, 0.1) is 0 Å². The van der Waals surface area contributed by atoms with Gasteiger partial charge in [-0.2, -0.15) is 0 Å². The van der Waals surface area contributed by atoms with E-state index in [1.54, 1.807) is 31.2 Å². The largest absolute Gasteiger partial charge is 0.482 e. The van der Waals surface area contributed by atoms with Gasteiger partial charge in [-0.25, -0.2) is 0 Å². The van der Waals surface area contributed by atoms with Crippen LogP contribution in [0.25, 0.3) is 0 Å². The van der Waals surface area contributed by atoms with E-state index in [1.807, 2.05) is 0 Å². The molecule has 0 spiro atoms. The number of nitrogens with zero attached hydrogens (tertiary/aromatic N) is 1. The first-order valence-corrected chi connectivity index (χ1v) is 7.32. The quantitative estimate of drug-likeness (QED) is 0.725. The predicted octanol–water partition coefficient (Wildman–Crippen LogP) is 2.27. The zero-order chi connectivity index (χ0) is 15.2. The molecule has 0 atom stereocenters. The maximum atomic E-state index is 12.2. The summed E-state index contributed by atoms with van der Waals surface area (Å²) < 4.78 is 10.3. The van der Waals surface area contributed by atoms with Gasteiger partial charge < -0.3 is 14.4 Å². The lowest BCUT2D eigenvalue weighted by molar-refractivity contribution is -0.150. The van der Waals surface area contributed by atoms with Crippen LogP contribution in [0.1, 0.15) is 19.8 Å². The van der Waals surface area contributed by atoms with Gasteiger partial charge in [-0.05, 0) is 31.9 Å². The monoisotopic (exact) mass is 311 g/mol. The highest BCUT2D eigenvalue weighted by atomic mass is 35.5. The van der Waals surface area contributed by atoms with Crippen molar-refractivity contribution in [2.45, 2.75) is 25.8 Å². The van der Waals surface area contributed by atoms with E-state index in [1.165, 1.54) is 4.90 Å². The highest BCUT2D eigenvalue weighted by Crippen LogP contribution is 2.27. The van der Waals surface area contributed by atoms with Crippen molar-refractivity contribution in [1.82, 2.24) is 4.90 Å². The number of hydrogen-bond acceptors (Lipinski definition) is 4. The maximum absolute atomic E-state index is 12.2. The summed E-state index contributed by atoms with van der Waals surface area (Å²) in [5.41, 5.74) is 0. The van der Waals surface area contributed by atoms with E-state index in [-0.39, 0.29) is 25.1 Å². The summed E-state index contributed by atoms with van der Waals surface area (Å²) in [6.45, 7) is 1.88. The van der Waals surface area contributed by atoms with Gasteiger partial charge in [0.25, 0.3) is 5.91 Å². The van der Waals surface area contributed by atoms with E-state index in [9.17, 15) is 9.59 Å². The average molecular weight is 312 g/mol. The summed E-state index contributed by atoms with van der Waals surface area (Å²) in [7, 11) is 0. The molecule has 1 amide bonds. The van der Waals surface area contributed by atoms with Gasteiger partial charge in [0, 0.05) is 6.04 Å². The molecule has 0 unspecified atom stereocenters. The fourth-order valence-corrected chi connectivity index (χ4v) is 2.13. The Hall–Kier alpha value is -1.75. The number of carbonyl (C=O) groups is 2. The Morgan fingerprint density at radius 1 is 1.33 bits per heavy atom. The summed E-state index contributed by atoms with van der Waals surface area (Å²) in [6.07, 6.45) is 1.83. The highest BCUT2D eigenvalue weighted by molar-refractivity contribution is 6.32. The van der Waals surface area contributed by atoms with Crippen LogP contribution in [0.5, 0.6) is 5.75 Å². The number of rotatable bonds is 7. The third-order valence-electron chi connectivity index (χ3n) is 3.10. The molecule has 1 fully saturated rings. The summed E-state index contributed by atoms with van der Waals surface area (Å²) >= 11 is 5.96. The molecule has 0 saturated heterocycles.